The Morgan fingerprint density at radius 1 is 1.09 bits per heavy atom. The maximum atomic E-state index is 6.06. The Morgan fingerprint density at radius 3 is 2.61 bits per heavy atom. The molecule has 0 radical (unpaired) electrons. The molecule has 0 bridgehead atoms. The lowest BCUT2D eigenvalue weighted by molar-refractivity contribution is 0.113. The highest BCUT2D eigenvalue weighted by Crippen LogP contribution is 2.37. The molecule has 1 aliphatic carbocycles. The summed E-state index contributed by atoms with van der Waals surface area (Å²) < 4.78 is 5.21. The Labute approximate surface area is 136 Å². The zero-order valence-corrected chi connectivity index (χ0v) is 13.1. The van der Waals surface area contributed by atoms with Crippen molar-refractivity contribution >= 4 is 11.8 Å². The van der Waals surface area contributed by atoms with Crippen molar-refractivity contribution in [1.29, 1.82) is 0 Å². The van der Waals surface area contributed by atoms with Gasteiger partial charge in [-0.25, -0.2) is 0 Å². The van der Waals surface area contributed by atoms with E-state index in [0.717, 1.165) is 18.0 Å². The maximum absolute atomic E-state index is 6.06. The number of benzene rings is 2. The first kappa shape index (κ1) is 14.1. The maximum Gasteiger partial charge on any atom is 0.118 e. The summed E-state index contributed by atoms with van der Waals surface area (Å²) in [6, 6.07) is 18.4. The number of allylic oxidation sites excluding steroid dienone is 1. The molecule has 23 heavy (non-hydrogen) atoms. The molecule has 2 aromatic rings. The van der Waals surface area contributed by atoms with Crippen LogP contribution in [0.15, 0.2) is 72.3 Å². The first-order valence-electron chi connectivity index (χ1n) is 7.87. The molecule has 0 N–H and O–H groups in total. The number of hydrogen-bond donors (Lipinski definition) is 0. The number of ether oxygens (including phenoxy) is 1. The van der Waals surface area contributed by atoms with Gasteiger partial charge in [0.1, 0.15) is 11.9 Å². The van der Waals surface area contributed by atoms with Gasteiger partial charge in [0.2, 0.25) is 0 Å². The van der Waals surface area contributed by atoms with Gasteiger partial charge in [0.05, 0.1) is 19.3 Å². The highest BCUT2D eigenvalue weighted by molar-refractivity contribution is 5.60. The lowest BCUT2D eigenvalue weighted by Crippen LogP contribution is -2.18. The molecule has 3 heteroatoms. The number of rotatable bonds is 3. The highest BCUT2D eigenvalue weighted by Gasteiger charge is 2.37. The number of anilines is 1. The lowest BCUT2D eigenvalue weighted by Gasteiger charge is -2.17. The number of fused-ring (bicyclic) bond motifs is 1. The zero-order valence-electron chi connectivity index (χ0n) is 13.1. The summed E-state index contributed by atoms with van der Waals surface area (Å²) in [4.78, 5) is 6.06. The number of para-hydroxylation sites is 1. The van der Waals surface area contributed by atoms with E-state index in [1.54, 1.807) is 7.11 Å². The molecule has 1 heterocycles. The Kier molecular flexibility index (Phi) is 3.64. The van der Waals surface area contributed by atoms with Gasteiger partial charge in [-0.15, -0.1) is 0 Å². The van der Waals surface area contributed by atoms with Crippen LogP contribution in [0.3, 0.4) is 0 Å². The fourth-order valence-corrected chi connectivity index (χ4v) is 3.15. The number of hydrogen-bond acceptors (Lipinski definition) is 3. The van der Waals surface area contributed by atoms with Crippen molar-refractivity contribution in [3.05, 3.63) is 77.9 Å². The van der Waals surface area contributed by atoms with Crippen LogP contribution < -0.4 is 9.80 Å². The van der Waals surface area contributed by atoms with Gasteiger partial charge in [-0.3, -0.25) is 9.90 Å². The Bertz CT molecular complexity index is 734. The van der Waals surface area contributed by atoms with Crippen molar-refractivity contribution in [3.63, 3.8) is 0 Å². The molecule has 2 atom stereocenters. The summed E-state index contributed by atoms with van der Waals surface area (Å²) in [5.74, 6) is 1.27. The molecule has 116 valence electrons. The van der Waals surface area contributed by atoms with Gasteiger partial charge in [-0.1, -0.05) is 48.6 Å². The monoisotopic (exact) mass is 305 g/mol. The molecule has 1 fully saturated rings. The average molecular weight is 305 g/mol. The average Bonchev–Trinajstić information content (AvgIpc) is 3.18. The Morgan fingerprint density at radius 2 is 1.87 bits per heavy atom. The predicted octanol–water partition coefficient (Wildman–Crippen LogP) is 4.09. The van der Waals surface area contributed by atoms with Crippen LogP contribution in [-0.4, -0.2) is 19.8 Å². The van der Waals surface area contributed by atoms with E-state index < -0.39 is 0 Å². The molecule has 0 spiro atoms. The smallest absolute Gasteiger partial charge is 0.118 e. The van der Waals surface area contributed by atoms with E-state index in [1.165, 1.54) is 11.1 Å². The normalized spacial score (nSPS) is 24.2. The summed E-state index contributed by atoms with van der Waals surface area (Å²) >= 11 is 0. The predicted molar refractivity (Wildman–Crippen MR) is 92.3 cm³/mol. The van der Waals surface area contributed by atoms with Crippen LogP contribution in [-0.2, 0) is 4.84 Å². The van der Waals surface area contributed by atoms with E-state index in [4.69, 9.17) is 9.57 Å². The molecule has 1 aliphatic heterocycles. The molecule has 3 nitrogen and oxygen atoms in total. The van der Waals surface area contributed by atoms with Gasteiger partial charge in [0, 0.05) is 5.92 Å². The lowest BCUT2D eigenvalue weighted by atomic mass is 9.98. The van der Waals surface area contributed by atoms with Crippen molar-refractivity contribution in [2.24, 2.45) is 5.92 Å². The van der Waals surface area contributed by atoms with Gasteiger partial charge in [-0.05, 0) is 35.4 Å². The third kappa shape index (κ3) is 2.76. The van der Waals surface area contributed by atoms with E-state index in [-0.39, 0.29) is 6.10 Å². The molecule has 0 saturated carbocycles. The standard InChI is InChI=1S/C20H19NO2/c1-22-18-10-7-15(8-11-18)13-16-9-12-20-19(16)14-21(23-20)17-5-3-2-4-6-17/h2-13,19-20H,14H2,1H3/b16-13-. The van der Waals surface area contributed by atoms with Crippen LogP contribution in [0.2, 0.25) is 0 Å². The molecule has 2 aliphatic rings. The molecular weight excluding hydrogens is 286 g/mol. The van der Waals surface area contributed by atoms with Crippen molar-refractivity contribution in [2.75, 3.05) is 18.7 Å². The minimum absolute atomic E-state index is 0.139. The summed E-state index contributed by atoms with van der Waals surface area (Å²) in [5.41, 5.74) is 3.61. The van der Waals surface area contributed by atoms with Gasteiger partial charge in [0.15, 0.2) is 0 Å². The SMILES string of the molecule is COc1ccc(/C=C2/C=CC3ON(c4ccccc4)CC23)cc1. The second kappa shape index (κ2) is 5.94. The molecule has 2 unspecified atom stereocenters. The summed E-state index contributed by atoms with van der Waals surface area (Å²) in [7, 11) is 1.69. The summed E-state index contributed by atoms with van der Waals surface area (Å²) in [6.07, 6.45) is 6.71. The number of nitrogens with zero attached hydrogens (tertiary/aromatic N) is 1. The Hall–Kier alpha value is -2.52. The van der Waals surface area contributed by atoms with Crippen LogP contribution in [0.1, 0.15) is 5.56 Å². The molecular formula is C20H19NO2. The van der Waals surface area contributed by atoms with Crippen molar-refractivity contribution in [2.45, 2.75) is 6.10 Å². The van der Waals surface area contributed by atoms with Crippen molar-refractivity contribution in [3.8, 4) is 5.75 Å². The first-order valence-corrected chi connectivity index (χ1v) is 7.87. The van der Waals surface area contributed by atoms with Crippen LogP contribution in [0, 0.1) is 5.92 Å². The van der Waals surface area contributed by atoms with E-state index >= 15 is 0 Å². The topological polar surface area (TPSA) is 21.7 Å². The summed E-state index contributed by atoms with van der Waals surface area (Å²) in [6.45, 7) is 0.879. The van der Waals surface area contributed by atoms with E-state index in [9.17, 15) is 0 Å². The van der Waals surface area contributed by atoms with Crippen molar-refractivity contribution < 1.29 is 9.57 Å². The second-order valence-corrected chi connectivity index (χ2v) is 5.85. The van der Waals surface area contributed by atoms with Crippen LogP contribution in [0.25, 0.3) is 6.08 Å². The molecule has 0 aromatic heterocycles. The zero-order chi connectivity index (χ0) is 15.6. The fourth-order valence-electron chi connectivity index (χ4n) is 3.15. The molecule has 0 amide bonds. The third-order valence-electron chi connectivity index (χ3n) is 4.41. The van der Waals surface area contributed by atoms with Gasteiger partial charge >= 0.3 is 0 Å². The number of hydroxylamine groups is 1. The van der Waals surface area contributed by atoms with Gasteiger partial charge in [-0.2, -0.15) is 0 Å². The second-order valence-electron chi connectivity index (χ2n) is 5.85. The largest absolute Gasteiger partial charge is 0.497 e. The minimum atomic E-state index is 0.139. The molecule has 4 rings (SSSR count). The third-order valence-corrected chi connectivity index (χ3v) is 4.41. The van der Waals surface area contributed by atoms with Crippen LogP contribution in [0.5, 0.6) is 5.75 Å². The highest BCUT2D eigenvalue weighted by atomic mass is 16.7. The van der Waals surface area contributed by atoms with Crippen LogP contribution in [0.4, 0.5) is 5.69 Å². The van der Waals surface area contributed by atoms with E-state index in [2.05, 4.69) is 42.5 Å². The Balaban J connectivity index is 1.53. The van der Waals surface area contributed by atoms with Gasteiger partial charge in [0.25, 0.3) is 0 Å². The summed E-state index contributed by atoms with van der Waals surface area (Å²) in [5, 5.41) is 2.00. The molecule has 2 aromatic carbocycles. The van der Waals surface area contributed by atoms with Crippen LogP contribution >= 0.6 is 0 Å². The number of methoxy groups -OCH3 is 1. The van der Waals surface area contributed by atoms with Crippen molar-refractivity contribution in [1.82, 2.24) is 0 Å². The first-order chi connectivity index (χ1) is 11.3. The molecule has 1 saturated heterocycles. The minimum Gasteiger partial charge on any atom is -0.497 e. The fraction of sp³-hybridized carbons (Fsp3) is 0.200. The van der Waals surface area contributed by atoms with E-state index in [0.29, 0.717) is 5.92 Å². The quantitative estimate of drug-likeness (QED) is 0.852. The van der Waals surface area contributed by atoms with E-state index in [1.807, 2.05) is 35.4 Å². The van der Waals surface area contributed by atoms with Gasteiger partial charge < -0.3 is 4.74 Å².